The molecule has 0 saturated heterocycles. The summed E-state index contributed by atoms with van der Waals surface area (Å²) in [6, 6.07) is 41.0. The second kappa shape index (κ2) is 12.7. The van der Waals surface area contributed by atoms with Gasteiger partial charge in [-0.1, -0.05) is 121 Å². The molecule has 0 fully saturated rings. The summed E-state index contributed by atoms with van der Waals surface area (Å²) in [5.74, 6) is 0. The molecule has 1 aliphatic rings. The summed E-state index contributed by atoms with van der Waals surface area (Å²) < 4.78 is 0. The van der Waals surface area contributed by atoms with E-state index in [1.165, 1.54) is 44.2 Å². The largest absolute Gasteiger partial charge is 0.305 e. The number of benzene rings is 4. The van der Waals surface area contributed by atoms with E-state index in [9.17, 15) is 0 Å². The summed E-state index contributed by atoms with van der Waals surface area (Å²) >= 11 is 0. The number of aromatic nitrogens is 2. The molecule has 2 heterocycles. The predicted molar refractivity (Wildman–Crippen MR) is 189 cm³/mol. The molecular weight excluding hydrogens is 737 g/mol. The zero-order valence-electron chi connectivity index (χ0n) is 28.1. The Labute approximate surface area is 288 Å². The Morgan fingerprint density at radius 1 is 0.609 bits per heavy atom. The van der Waals surface area contributed by atoms with Gasteiger partial charge in [0.15, 0.2) is 0 Å². The van der Waals surface area contributed by atoms with Crippen molar-refractivity contribution in [3.63, 3.8) is 0 Å². The smallest absolute Gasteiger partial charge is 0.0163 e. The Morgan fingerprint density at radius 2 is 1.28 bits per heavy atom. The van der Waals surface area contributed by atoms with Crippen LogP contribution in [0.3, 0.4) is 0 Å². The van der Waals surface area contributed by atoms with E-state index in [4.69, 9.17) is 0 Å². The first-order valence-corrected chi connectivity index (χ1v) is 15.8. The zero-order chi connectivity index (χ0) is 32.0. The summed E-state index contributed by atoms with van der Waals surface area (Å²) in [5, 5.41) is 2.65. The van der Waals surface area contributed by atoms with E-state index in [0.717, 1.165) is 22.5 Å². The van der Waals surface area contributed by atoms with Crippen molar-refractivity contribution in [1.82, 2.24) is 9.97 Å². The van der Waals surface area contributed by atoms with Crippen LogP contribution in [0.25, 0.3) is 44.4 Å². The molecule has 4 aromatic carbocycles. The maximum atomic E-state index is 4.52. The Hall–Kier alpha value is -3.91. The molecule has 2 aromatic heterocycles. The van der Waals surface area contributed by atoms with Gasteiger partial charge in [0.1, 0.15) is 0 Å². The Morgan fingerprint density at radius 3 is 2.00 bits per heavy atom. The van der Waals surface area contributed by atoms with Gasteiger partial charge in [-0.3, -0.25) is 0 Å². The van der Waals surface area contributed by atoms with Crippen LogP contribution in [0.5, 0.6) is 0 Å². The van der Waals surface area contributed by atoms with Crippen molar-refractivity contribution in [3.8, 4) is 33.6 Å². The Balaban J connectivity index is 0.000000182. The second-order valence-electron chi connectivity index (χ2n) is 14.6. The molecule has 7 rings (SSSR count). The molecule has 1 radical (unpaired) electrons. The van der Waals surface area contributed by atoms with Crippen LogP contribution in [0.4, 0.5) is 0 Å². The number of rotatable bonds is 2. The fraction of sp³-hybridized carbons (Fsp3) is 0.256. The quantitative estimate of drug-likeness (QED) is 0.164. The van der Waals surface area contributed by atoms with Crippen LogP contribution in [0.15, 0.2) is 109 Å². The molecule has 0 aliphatic heterocycles. The van der Waals surface area contributed by atoms with Gasteiger partial charge in [0, 0.05) is 32.5 Å². The molecule has 1 aliphatic carbocycles. The minimum atomic E-state index is -0.0375. The monoisotopic (exact) mass is 779 g/mol. The molecule has 2 nitrogen and oxygen atoms in total. The van der Waals surface area contributed by atoms with E-state index in [2.05, 4.69) is 150 Å². The molecule has 0 amide bonds. The minimum absolute atomic E-state index is 0. The van der Waals surface area contributed by atoms with Gasteiger partial charge in [-0.05, 0) is 61.7 Å². The van der Waals surface area contributed by atoms with E-state index in [0.29, 0.717) is 0 Å². The van der Waals surface area contributed by atoms with Gasteiger partial charge in [0.05, 0.1) is 0 Å². The third-order valence-corrected chi connectivity index (χ3v) is 8.98. The van der Waals surface area contributed by atoms with Crippen LogP contribution in [0.2, 0.25) is 0 Å². The van der Waals surface area contributed by atoms with E-state index in [-0.39, 0.29) is 36.4 Å². The summed E-state index contributed by atoms with van der Waals surface area (Å²) in [4.78, 5) is 9.01. The third-order valence-electron chi connectivity index (χ3n) is 8.98. The first-order chi connectivity index (χ1) is 21.3. The first-order valence-electron chi connectivity index (χ1n) is 15.8. The van der Waals surface area contributed by atoms with Gasteiger partial charge in [0.2, 0.25) is 0 Å². The fourth-order valence-corrected chi connectivity index (χ4v) is 6.33. The van der Waals surface area contributed by atoms with Crippen molar-refractivity contribution >= 4 is 10.8 Å². The standard InChI is InChI=1S/C24H18N.C19H24N.Ir/c1-24(2)21-15-17(22-9-5-6-14-25-22)11-12-19(21)20-13-10-16-7-3-4-8-18(16)23(20)24;1-18(2,3)15-9-7-8-14(12-15)17-13-16(10-11-20-17)19(4,5)6;/h3-10,12-15H,1-2H3;7,9-13H,1-6H3;/q2*-1;. The average molecular weight is 779 g/mol. The van der Waals surface area contributed by atoms with E-state index in [1.54, 1.807) is 0 Å². The summed E-state index contributed by atoms with van der Waals surface area (Å²) in [5.41, 5.74) is 12.4. The van der Waals surface area contributed by atoms with Gasteiger partial charge in [0.25, 0.3) is 0 Å². The van der Waals surface area contributed by atoms with Crippen LogP contribution in [0, 0.1) is 12.1 Å². The van der Waals surface area contributed by atoms with Crippen molar-refractivity contribution < 1.29 is 20.1 Å². The Bertz CT molecular complexity index is 1940. The zero-order valence-corrected chi connectivity index (χ0v) is 30.5. The van der Waals surface area contributed by atoms with E-state index < -0.39 is 0 Å². The number of hydrogen-bond donors (Lipinski definition) is 0. The van der Waals surface area contributed by atoms with Gasteiger partial charge < -0.3 is 9.97 Å². The van der Waals surface area contributed by atoms with Gasteiger partial charge >= 0.3 is 0 Å². The molecule has 0 saturated carbocycles. The van der Waals surface area contributed by atoms with E-state index >= 15 is 0 Å². The molecule has 0 N–H and O–H groups in total. The maximum Gasteiger partial charge on any atom is 0.0163 e. The van der Waals surface area contributed by atoms with Crippen molar-refractivity contribution in [3.05, 3.63) is 144 Å². The van der Waals surface area contributed by atoms with Crippen molar-refractivity contribution in [2.45, 2.75) is 71.6 Å². The number of nitrogens with zero attached hydrogens (tertiary/aromatic N) is 2. The molecule has 3 heteroatoms. The van der Waals surface area contributed by atoms with Crippen molar-refractivity contribution in [2.75, 3.05) is 0 Å². The average Bonchev–Trinajstić information content (AvgIpc) is 3.27. The molecule has 6 aromatic rings. The van der Waals surface area contributed by atoms with Crippen LogP contribution < -0.4 is 0 Å². The van der Waals surface area contributed by atoms with Gasteiger partial charge in [-0.15, -0.1) is 64.7 Å². The molecule has 46 heavy (non-hydrogen) atoms. The van der Waals surface area contributed by atoms with Crippen molar-refractivity contribution in [2.24, 2.45) is 0 Å². The topological polar surface area (TPSA) is 25.8 Å². The summed E-state index contributed by atoms with van der Waals surface area (Å²) in [6.07, 6.45) is 3.73. The van der Waals surface area contributed by atoms with Gasteiger partial charge in [-0.2, -0.15) is 0 Å². The van der Waals surface area contributed by atoms with Crippen LogP contribution in [-0.2, 0) is 36.4 Å². The fourth-order valence-electron chi connectivity index (χ4n) is 6.33. The normalized spacial score (nSPS) is 13.2. The summed E-state index contributed by atoms with van der Waals surface area (Å²) in [6.45, 7) is 18.0. The molecule has 0 spiro atoms. The first kappa shape index (κ1) is 33.5. The molecule has 0 unspecified atom stereocenters. The molecular formula is C43H42IrN2-2. The van der Waals surface area contributed by atoms with Gasteiger partial charge in [-0.25, -0.2) is 0 Å². The Kier molecular flexibility index (Phi) is 9.24. The van der Waals surface area contributed by atoms with Crippen LogP contribution in [-0.4, -0.2) is 9.97 Å². The number of pyridine rings is 2. The number of fused-ring (bicyclic) bond motifs is 5. The molecule has 0 bridgehead atoms. The van der Waals surface area contributed by atoms with Crippen molar-refractivity contribution in [1.29, 1.82) is 0 Å². The number of hydrogen-bond acceptors (Lipinski definition) is 2. The third kappa shape index (κ3) is 6.50. The molecule has 0 atom stereocenters. The SMILES string of the molecule is CC(C)(C)c1cc[c-]c(-c2cc(C(C)(C)C)ccn2)c1.CC1(C)c2cc(-c3ccccn3)[c-]cc2-c2ccc3ccccc3c21.[Ir]. The van der Waals surface area contributed by atoms with E-state index in [1.807, 2.05) is 36.7 Å². The van der Waals surface area contributed by atoms with Crippen LogP contribution in [0.1, 0.15) is 77.6 Å². The summed E-state index contributed by atoms with van der Waals surface area (Å²) in [7, 11) is 0. The predicted octanol–water partition coefficient (Wildman–Crippen LogP) is 11.1. The minimum Gasteiger partial charge on any atom is -0.305 e. The van der Waals surface area contributed by atoms with Crippen LogP contribution >= 0.6 is 0 Å². The second-order valence-corrected chi connectivity index (χ2v) is 14.6. The molecule has 235 valence electrons. The maximum absolute atomic E-state index is 4.52.